The zero-order chi connectivity index (χ0) is 17.2. The lowest BCUT2D eigenvalue weighted by atomic mass is 9.94. The summed E-state index contributed by atoms with van der Waals surface area (Å²) in [5.41, 5.74) is 2.29. The van der Waals surface area contributed by atoms with Crippen LogP contribution in [0.5, 0.6) is 0 Å². The summed E-state index contributed by atoms with van der Waals surface area (Å²) in [6, 6.07) is 11.4. The van der Waals surface area contributed by atoms with Gasteiger partial charge in [0.1, 0.15) is 11.5 Å². The van der Waals surface area contributed by atoms with Gasteiger partial charge in [0.05, 0.1) is 6.26 Å². The summed E-state index contributed by atoms with van der Waals surface area (Å²) >= 11 is 0. The molecule has 5 nitrogen and oxygen atoms in total. The molecular formula is C19H18FN3O2. The number of piperidine rings is 1. The molecule has 0 spiro atoms. The second-order valence-corrected chi connectivity index (χ2v) is 6.28. The summed E-state index contributed by atoms with van der Waals surface area (Å²) < 4.78 is 18.4. The second kappa shape index (κ2) is 6.55. The summed E-state index contributed by atoms with van der Waals surface area (Å²) in [5.74, 6) is 0.526. The molecule has 3 aromatic rings. The quantitative estimate of drug-likeness (QED) is 0.789. The third-order valence-electron chi connectivity index (χ3n) is 4.61. The highest BCUT2D eigenvalue weighted by atomic mass is 19.1. The van der Waals surface area contributed by atoms with Crippen molar-refractivity contribution in [1.29, 1.82) is 0 Å². The highest BCUT2D eigenvalue weighted by Crippen LogP contribution is 2.29. The third kappa shape index (κ3) is 3.20. The predicted molar refractivity (Wildman–Crippen MR) is 90.6 cm³/mol. The Balaban J connectivity index is 1.49. The molecule has 1 N–H and O–H groups in total. The van der Waals surface area contributed by atoms with E-state index in [0.717, 1.165) is 30.0 Å². The van der Waals surface area contributed by atoms with Crippen molar-refractivity contribution in [2.75, 3.05) is 13.1 Å². The number of halogens is 1. The second-order valence-electron chi connectivity index (χ2n) is 6.28. The van der Waals surface area contributed by atoms with Crippen LogP contribution in [0.4, 0.5) is 4.39 Å². The minimum Gasteiger partial charge on any atom is -0.463 e. The van der Waals surface area contributed by atoms with E-state index in [1.807, 2.05) is 23.1 Å². The average molecular weight is 339 g/mol. The standard InChI is InChI=1S/C19H18FN3O2/c20-15-7-5-13(6-8-15)19(24)23-9-1-3-14(12-23)16-11-17(22-21-16)18-4-2-10-25-18/h2,4-8,10-11,14H,1,3,9,12H2,(H,21,22)/t14-/m0/s1. The van der Waals surface area contributed by atoms with Crippen molar-refractivity contribution in [2.24, 2.45) is 0 Å². The Bertz CT molecular complexity index is 855. The number of hydrogen-bond donors (Lipinski definition) is 1. The largest absolute Gasteiger partial charge is 0.463 e. The van der Waals surface area contributed by atoms with E-state index in [0.29, 0.717) is 18.7 Å². The summed E-state index contributed by atoms with van der Waals surface area (Å²) in [5, 5.41) is 7.38. The Morgan fingerprint density at radius 3 is 2.88 bits per heavy atom. The summed E-state index contributed by atoms with van der Waals surface area (Å²) in [7, 11) is 0. The zero-order valence-electron chi connectivity index (χ0n) is 13.6. The molecule has 0 bridgehead atoms. The smallest absolute Gasteiger partial charge is 0.253 e. The number of nitrogens with zero attached hydrogens (tertiary/aromatic N) is 2. The number of amides is 1. The molecule has 1 amide bonds. The van der Waals surface area contributed by atoms with Crippen molar-refractivity contribution in [3.05, 3.63) is 65.8 Å². The fourth-order valence-corrected chi connectivity index (χ4v) is 3.29. The number of aromatic nitrogens is 2. The molecular weight excluding hydrogens is 321 g/mol. The van der Waals surface area contributed by atoms with Gasteiger partial charge >= 0.3 is 0 Å². The van der Waals surface area contributed by atoms with E-state index in [1.165, 1.54) is 24.3 Å². The number of nitrogens with one attached hydrogen (secondary N) is 1. The first-order valence-corrected chi connectivity index (χ1v) is 8.35. The van der Waals surface area contributed by atoms with E-state index in [1.54, 1.807) is 6.26 Å². The summed E-state index contributed by atoms with van der Waals surface area (Å²) in [6.07, 6.45) is 3.53. The molecule has 6 heteroatoms. The van der Waals surface area contributed by atoms with Crippen LogP contribution in [0.3, 0.4) is 0 Å². The first-order chi connectivity index (χ1) is 12.2. The Morgan fingerprint density at radius 1 is 1.28 bits per heavy atom. The lowest BCUT2D eigenvalue weighted by Gasteiger charge is -2.32. The monoisotopic (exact) mass is 339 g/mol. The van der Waals surface area contributed by atoms with Crippen LogP contribution in [0.15, 0.2) is 53.1 Å². The lowest BCUT2D eigenvalue weighted by Crippen LogP contribution is -2.39. The lowest BCUT2D eigenvalue weighted by molar-refractivity contribution is 0.0706. The van der Waals surface area contributed by atoms with Crippen LogP contribution < -0.4 is 0 Å². The molecule has 2 aromatic heterocycles. The first-order valence-electron chi connectivity index (χ1n) is 8.35. The summed E-state index contributed by atoms with van der Waals surface area (Å²) in [6.45, 7) is 1.34. The van der Waals surface area contributed by atoms with Crippen molar-refractivity contribution in [1.82, 2.24) is 15.1 Å². The van der Waals surface area contributed by atoms with E-state index in [9.17, 15) is 9.18 Å². The molecule has 25 heavy (non-hydrogen) atoms. The van der Waals surface area contributed by atoms with E-state index in [4.69, 9.17) is 4.42 Å². The number of H-pyrrole nitrogens is 1. The van der Waals surface area contributed by atoms with Gasteiger partial charge in [0.2, 0.25) is 0 Å². The van der Waals surface area contributed by atoms with Gasteiger partial charge < -0.3 is 9.32 Å². The van der Waals surface area contributed by atoms with Gasteiger partial charge in [-0.25, -0.2) is 4.39 Å². The molecule has 1 aliphatic heterocycles. The number of hydrogen-bond acceptors (Lipinski definition) is 3. The van der Waals surface area contributed by atoms with Crippen LogP contribution in [0.1, 0.15) is 34.8 Å². The van der Waals surface area contributed by atoms with E-state index in [-0.39, 0.29) is 17.6 Å². The van der Waals surface area contributed by atoms with Gasteiger partial charge in [-0.15, -0.1) is 0 Å². The predicted octanol–water partition coefficient (Wildman–Crippen LogP) is 3.83. The number of rotatable bonds is 3. The molecule has 128 valence electrons. The molecule has 0 saturated carbocycles. The topological polar surface area (TPSA) is 62.1 Å². The van der Waals surface area contributed by atoms with Gasteiger partial charge in [0.25, 0.3) is 5.91 Å². The van der Waals surface area contributed by atoms with Crippen LogP contribution in [-0.4, -0.2) is 34.1 Å². The molecule has 1 atom stereocenters. The highest BCUT2D eigenvalue weighted by Gasteiger charge is 2.27. The van der Waals surface area contributed by atoms with Gasteiger partial charge in [-0.2, -0.15) is 5.10 Å². The molecule has 1 aliphatic rings. The minimum absolute atomic E-state index is 0.0597. The van der Waals surface area contributed by atoms with Gasteiger partial charge in [0, 0.05) is 30.3 Å². The molecule has 0 unspecified atom stereocenters. The van der Waals surface area contributed by atoms with Crippen LogP contribution in [-0.2, 0) is 0 Å². The van der Waals surface area contributed by atoms with E-state index in [2.05, 4.69) is 10.2 Å². The van der Waals surface area contributed by atoms with Crippen LogP contribution in [0.2, 0.25) is 0 Å². The fourth-order valence-electron chi connectivity index (χ4n) is 3.29. The van der Waals surface area contributed by atoms with Crippen molar-refractivity contribution in [2.45, 2.75) is 18.8 Å². The molecule has 3 heterocycles. The Morgan fingerprint density at radius 2 is 2.12 bits per heavy atom. The van der Waals surface area contributed by atoms with Crippen molar-refractivity contribution in [3.63, 3.8) is 0 Å². The Hall–Kier alpha value is -2.89. The van der Waals surface area contributed by atoms with E-state index < -0.39 is 0 Å². The van der Waals surface area contributed by atoms with Gasteiger partial charge in [-0.1, -0.05) is 0 Å². The van der Waals surface area contributed by atoms with Gasteiger partial charge in [-0.05, 0) is 55.3 Å². The number of carbonyl (C=O) groups is 1. The zero-order valence-corrected chi connectivity index (χ0v) is 13.6. The van der Waals surface area contributed by atoms with Crippen molar-refractivity contribution < 1.29 is 13.6 Å². The number of likely N-dealkylation sites (tertiary alicyclic amines) is 1. The van der Waals surface area contributed by atoms with Gasteiger partial charge in [-0.3, -0.25) is 9.89 Å². The number of benzene rings is 1. The maximum atomic E-state index is 13.1. The Labute approximate surface area is 144 Å². The SMILES string of the molecule is O=C(c1ccc(F)cc1)N1CCC[C@H](c2cc(-c3ccco3)n[nH]2)C1. The van der Waals surface area contributed by atoms with Crippen molar-refractivity contribution in [3.8, 4) is 11.5 Å². The molecule has 1 fully saturated rings. The number of carbonyl (C=O) groups excluding carboxylic acids is 1. The molecule has 0 aliphatic carbocycles. The molecule has 4 rings (SSSR count). The Kier molecular flexibility index (Phi) is 4.09. The normalized spacial score (nSPS) is 17.6. The van der Waals surface area contributed by atoms with E-state index >= 15 is 0 Å². The molecule has 0 radical (unpaired) electrons. The van der Waals surface area contributed by atoms with Crippen LogP contribution >= 0.6 is 0 Å². The van der Waals surface area contributed by atoms with Gasteiger partial charge in [0.15, 0.2) is 5.76 Å². The maximum absolute atomic E-state index is 13.1. The molecule has 1 aromatic carbocycles. The third-order valence-corrected chi connectivity index (χ3v) is 4.61. The highest BCUT2D eigenvalue weighted by molar-refractivity contribution is 5.94. The van der Waals surface area contributed by atoms with Crippen LogP contribution in [0.25, 0.3) is 11.5 Å². The molecule has 1 saturated heterocycles. The maximum Gasteiger partial charge on any atom is 0.253 e. The minimum atomic E-state index is -0.337. The fraction of sp³-hybridized carbons (Fsp3) is 0.263. The number of aromatic amines is 1. The first kappa shape index (κ1) is 15.6. The number of furan rings is 1. The van der Waals surface area contributed by atoms with Crippen molar-refractivity contribution >= 4 is 5.91 Å². The van der Waals surface area contributed by atoms with Crippen LogP contribution in [0, 0.1) is 5.82 Å². The summed E-state index contributed by atoms with van der Waals surface area (Å²) in [4.78, 5) is 14.5. The average Bonchev–Trinajstić information content (AvgIpc) is 3.33.